The van der Waals surface area contributed by atoms with Crippen LogP contribution in [0.4, 0.5) is 4.39 Å². The number of amides is 1. The van der Waals surface area contributed by atoms with Crippen LogP contribution in [-0.2, 0) is 24.3 Å². The molecule has 2 aliphatic rings. The van der Waals surface area contributed by atoms with Crippen LogP contribution < -0.4 is 5.32 Å². The van der Waals surface area contributed by atoms with E-state index in [4.69, 9.17) is 9.47 Å². The van der Waals surface area contributed by atoms with Crippen molar-refractivity contribution in [3.05, 3.63) is 29.6 Å². The molecule has 1 saturated carbocycles. The Morgan fingerprint density at radius 2 is 1.91 bits per heavy atom. The van der Waals surface area contributed by atoms with Crippen molar-refractivity contribution in [2.45, 2.75) is 55.6 Å². The number of hydrogen-bond donors (Lipinski definition) is 1. The normalized spacial score (nSPS) is 20.0. The fraction of sp³-hybridized carbons (Fsp3) is 0.571. The van der Waals surface area contributed by atoms with Crippen molar-refractivity contribution >= 4 is 21.9 Å². The highest BCUT2D eigenvalue weighted by molar-refractivity contribution is 7.89. The molecule has 3 rings (SSSR count). The Morgan fingerprint density at radius 1 is 1.25 bits per heavy atom. The van der Waals surface area contributed by atoms with Crippen LogP contribution in [0.2, 0.25) is 0 Å². The van der Waals surface area contributed by atoms with Crippen molar-refractivity contribution in [2.24, 2.45) is 0 Å². The second kappa shape index (κ2) is 9.94. The highest BCUT2D eigenvalue weighted by Crippen LogP contribution is 2.28. The summed E-state index contributed by atoms with van der Waals surface area (Å²) < 4.78 is 51.3. The molecule has 1 heterocycles. The number of carbonyl (C=O) groups excluding carboxylic acids is 2. The first-order valence-electron chi connectivity index (χ1n) is 10.5. The average molecular weight is 468 g/mol. The largest absolute Gasteiger partial charge is 0.449 e. The van der Waals surface area contributed by atoms with Gasteiger partial charge in [-0.2, -0.15) is 9.57 Å². The minimum absolute atomic E-state index is 0.150. The van der Waals surface area contributed by atoms with Crippen LogP contribution in [0.1, 0.15) is 49.4 Å². The van der Waals surface area contributed by atoms with Gasteiger partial charge in [0.2, 0.25) is 10.0 Å². The van der Waals surface area contributed by atoms with Crippen molar-refractivity contribution in [3.63, 3.8) is 0 Å². The number of nitrogens with zero attached hydrogens (tertiary/aromatic N) is 2. The summed E-state index contributed by atoms with van der Waals surface area (Å²) in [5.41, 5.74) is -1.60. The first-order valence-corrected chi connectivity index (χ1v) is 11.9. The van der Waals surface area contributed by atoms with Crippen LogP contribution in [0.15, 0.2) is 23.1 Å². The number of benzene rings is 1. The molecule has 9 nitrogen and oxygen atoms in total. The van der Waals surface area contributed by atoms with Crippen LogP contribution in [0.5, 0.6) is 0 Å². The number of hydrogen-bond acceptors (Lipinski definition) is 7. The fourth-order valence-electron chi connectivity index (χ4n) is 3.79. The number of ether oxygens (including phenoxy) is 2. The number of halogens is 1. The molecule has 1 aromatic rings. The quantitative estimate of drug-likeness (QED) is 0.632. The molecule has 1 N–H and O–H groups in total. The zero-order valence-corrected chi connectivity index (χ0v) is 18.6. The molecule has 1 unspecified atom stereocenters. The smallest absolute Gasteiger partial charge is 0.341 e. The molecule has 174 valence electrons. The van der Waals surface area contributed by atoms with Gasteiger partial charge in [-0.15, -0.1) is 0 Å². The fourth-order valence-corrected chi connectivity index (χ4v) is 5.23. The molecule has 1 aliphatic heterocycles. The van der Waals surface area contributed by atoms with Gasteiger partial charge in [-0.3, -0.25) is 4.79 Å². The van der Waals surface area contributed by atoms with Gasteiger partial charge in [0, 0.05) is 13.1 Å². The SMILES string of the molecule is CC(OC(=O)c1cc(S(=O)(=O)N2CCOCC2)ccc1F)C(=O)NC1(C#N)CCCCC1. The van der Waals surface area contributed by atoms with Crippen molar-refractivity contribution < 1.29 is 31.9 Å². The van der Waals surface area contributed by atoms with Crippen LogP contribution in [-0.4, -0.2) is 62.5 Å². The van der Waals surface area contributed by atoms with E-state index in [1.807, 2.05) is 0 Å². The van der Waals surface area contributed by atoms with E-state index in [-0.39, 0.29) is 31.2 Å². The zero-order chi connectivity index (χ0) is 23.4. The average Bonchev–Trinajstić information content (AvgIpc) is 2.80. The van der Waals surface area contributed by atoms with Gasteiger partial charge in [-0.05, 0) is 38.0 Å². The maximum absolute atomic E-state index is 14.3. The molecular weight excluding hydrogens is 441 g/mol. The molecule has 1 aromatic carbocycles. The lowest BCUT2D eigenvalue weighted by Crippen LogP contribution is -2.52. The third kappa shape index (κ3) is 5.26. The Labute approximate surface area is 186 Å². The highest BCUT2D eigenvalue weighted by Gasteiger charge is 2.36. The standard InChI is InChI=1S/C21H26FN3O6S/c1-15(19(26)24-21(14-23)7-3-2-4-8-21)31-20(27)17-13-16(5-6-18(17)22)32(28,29)25-9-11-30-12-10-25/h5-6,13,15H,2-4,7-12H2,1H3,(H,24,26). The molecular formula is C21H26FN3O6S. The molecule has 1 aliphatic carbocycles. The molecule has 0 radical (unpaired) electrons. The van der Waals surface area contributed by atoms with Crippen LogP contribution in [0, 0.1) is 17.1 Å². The van der Waals surface area contributed by atoms with E-state index in [1.54, 1.807) is 0 Å². The van der Waals surface area contributed by atoms with Gasteiger partial charge in [-0.25, -0.2) is 17.6 Å². The summed E-state index contributed by atoms with van der Waals surface area (Å²) >= 11 is 0. The van der Waals surface area contributed by atoms with E-state index in [2.05, 4.69) is 11.4 Å². The molecule has 2 fully saturated rings. The summed E-state index contributed by atoms with van der Waals surface area (Å²) in [5, 5.41) is 12.1. The summed E-state index contributed by atoms with van der Waals surface area (Å²) in [5.74, 6) is -2.80. The number of esters is 1. The summed E-state index contributed by atoms with van der Waals surface area (Å²) in [4.78, 5) is 24.8. The van der Waals surface area contributed by atoms with E-state index in [0.717, 1.165) is 37.5 Å². The summed E-state index contributed by atoms with van der Waals surface area (Å²) in [7, 11) is -3.95. The van der Waals surface area contributed by atoms with Crippen molar-refractivity contribution in [1.82, 2.24) is 9.62 Å². The second-order valence-electron chi connectivity index (χ2n) is 7.95. The third-order valence-electron chi connectivity index (χ3n) is 5.70. The van der Waals surface area contributed by atoms with E-state index in [9.17, 15) is 27.7 Å². The van der Waals surface area contributed by atoms with E-state index >= 15 is 0 Å². The molecule has 32 heavy (non-hydrogen) atoms. The highest BCUT2D eigenvalue weighted by atomic mass is 32.2. The van der Waals surface area contributed by atoms with Gasteiger partial charge in [0.05, 0.1) is 29.7 Å². The lowest BCUT2D eigenvalue weighted by molar-refractivity contribution is -0.130. The number of morpholine rings is 1. The summed E-state index contributed by atoms with van der Waals surface area (Å²) in [6, 6.07) is 5.00. The van der Waals surface area contributed by atoms with Gasteiger partial charge >= 0.3 is 5.97 Å². The minimum atomic E-state index is -3.95. The summed E-state index contributed by atoms with van der Waals surface area (Å²) in [6.07, 6.45) is 2.30. The van der Waals surface area contributed by atoms with Crippen molar-refractivity contribution in [1.29, 1.82) is 5.26 Å². The van der Waals surface area contributed by atoms with E-state index in [1.165, 1.54) is 11.2 Å². The molecule has 1 amide bonds. The van der Waals surface area contributed by atoms with Gasteiger partial charge < -0.3 is 14.8 Å². The van der Waals surface area contributed by atoms with Crippen LogP contribution in [0.3, 0.4) is 0 Å². The maximum Gasteiger partial charge on any atom is 0.341 e. The second-order valence-corrected chi connectivity index (χ2v) is 9.89. The molecule has 1 saturated heterocycles. The number of nitriles is 1. The first kappa shape index (κ1) is 24.1. The molecule has 0 aromatic heterocycles. The number of nitrogens with one attached hydrogen (secondary N) is 1. The molecule has 0 spiro atoms. The predicted octanol–water partition coefficient (Wildman–Crippen LogP) is 1.73. The monoisotopic (exact) mass is 467 g/mol. The van der Waals surface area contributed by atoms with Crippen molar-refractivity contribution in [2.75, 3.05) is 26.3 Å². The Balaban J connectivity index is 1.72. The predicted molar refractivity (Wildman–Crippen MR) is 110 cm³/mol. The number of rotatable bonds is 6. The summed E-state index contributed by atoms with van der Waals surface area (Å²) in [6.45, 7) is 2.10. The topological polar surface area (TPSA) is 126 Å². The van der Waals surface area contributed by atoms with Gasteiger partial charge in [0.15, 0.2) is 6.10 Å². The van der Waals surface area contributed by atoms with Crippen LogP contribution >= 0.6 is 0 Å². The Hall–Kier alpha value is -2.55. The van der Waals surface area contributed by atoms with Gasteiger partial charge in [-0.1, -0.05) is 19.3 Å². The van der Waals surface area contributed by atoms with E-state index < -0.39 is 44.9 Å². The number of carbonyl (C=O) groups is 2. The lowest BCUT2D eigenvalue weighted by Gasteiger charge is -2.32. The lowest BCUT2D eigenvalue weighted by atomic mass is 9.83. The maximum atomic E-state index is 14.3. The third-order valence-corrected chi connectivity index (χ3v) is 7.60. The van der Waals surface area contributed by atoms with E-state index in [0.29, 0.717) is 12.8 Å². The Morgan fingerprint density at radius 3 is 2.53 bits per heavy atom. The Bertz CT molecular complexity index is 1010. The molecule has 11 heteroatoms. The van der Waals surface area contributed by atoms with Crippen LogP contribution in [0.25, 0.3) is 0 Å². The Kier molecular flexibility index (Phi) is 7.48. The molecule has 0 bridgehead atoms. The van der Waals surface area contributed by atoms with Gasteiger partial charge in [0.25, 0.3) is 5.91 Å². The zero-order valence-electron chi connectivity index (χ0n) is 17.8. The first-order chi connectivity index (χ1) is 15.2. The number of sulfonamides is 1. The minimum Gasteiger partial charge on any atom is -0.449 e. The van der Waals surface area contributed by atoms with Crippen molar-refractivity contribution in [3.8, 4) is 6.07 Å². The molecule has 1 atom stereocenters. The van der Waals surface area contributed by atoms with Gasteiger partial charge in [0.1, 0.15) is 11.4 Å².